The quantitative estimate of drug-likeness (QED) is 0.762. The summed E-state index contributed by atoms with van der Waals surface area (Å²) in [6, 6.07) is 6.21. The van der Waals surface area contributed by atoms with Crippen molar-refractivity contribution in [2.24, 2.45) is 11.8 Å². The van der Waals surface area contributed by atoms with Crippen molar-refractivity contribution in [3.63, 3.8) is 0 Å². The van der Waals surface area contributed by atoms with Crippen LogP contribution in [-0.2, 0) is 15.9 Å². The predicted octanol–water partition coefficient (Wildman–Crippen LogP) is 3.82. The highest BCUT2D eigenvalue weighted by atomic mass is 16.5. The van der Waals surface area contributed by atoms with Gasteiger partial charge in [0.2, 0.25) is 0 Å². The highest BCUT2D eigenvalue weighted by Crippen LogP contribution is 2.49. The number of benzene rings is 1. The summed E-state index contributed by atoms with van der Waals surface area (Å²) in [4.78, 5) is 18.1. The molecule has 4 bridgehead atoms. The van der Waals surface area contributed by atoms with E-state index >= 15 is 0 Å². The van der Waals surface area contributed by atoms with Gasteiger partial charge in [-0.3, -0.25) is 0 Å². The molecule has 0 radical (unpaired) electrons. The average molecular weight is 382 g/mol. The number of carbonyl (C=O) groups is 1. The topological polar surface area (TPSA) is 63.8 Å². The summed E-state index contributed by atoms with van der Waals surface area (Å²) in [5, 5.41) is 1.19. The van der Waals surface area contributed by atoms with Crippen molar-refractivity contribution in [2.75, 3.05) is 27.4 Å². The van der Waals surface area contributed by atoms with Crippen molar-refractivity contribution in [3.05, 3.63) is 41.1 Å². The van der Waals surface area contributed by atoms with Crippen LogP contribution < -0.4 is 4.74 Å². The summed E-state index contributed by atoms with van der Waals surface area (Å²) < 4.78 is 16.8. The fourth-order valence-electron chi connectivity index (χ4n) is 5.46. The number of hydrogen-bond donors (Lipinski definition) is 1. The zero-order valence-corrected chi connectivity index (χ0v) is 16.5. The summed E-state index contributed by atoms with van der Waals surface area (Å²) in [5.74, 6) is 1.58. The van der Waals surface area contributed by atoms with Crippen molar-refractivity contribution >= 4 is 17.0 Å². The molecule has 6 rings (SSSR count). The number of rotatable bonds is 1. The Kier molecular flexibility index (Phi) is 4.12. The van der Waals surface area contributed by atoms with E-state index < -0.39 is 0 Å². The first kappa shape index (κ1) is 17.6. The highest BCUT2D eigenvalue weighted by molar-refractivity contribution is 5.86. The van der Waals surface area contributed by atoms with Crippen LogP contribution in [0.5, 0.6) is 5.75 Å². The molecule has 1 amide bonds. The molecule has 2 saturated heterocycles. The third-order valence-electron chi connectivity index (χ3n) is 6.86. The first-order chi connectivity index (χ1) is 13.6. The molecule has 2 fully saturated rings. The SMILES string of the molecule is C/C=C1/CN(C(=O)OC)[C@H]2Cc3c([nH]c4cc(OC)ccc34)[C@@H]3C[C@@H]1C2CO3. The van der Waals surface area contributed by atoms with Crippen molar-refractivity contribution < 1.29 is 19.0 Å². The Morgan fingerprint density at radius 2 is 2.21 bits per heavy atom. The van der Waals surface area contributed by atoms with Gasteiger partial charge in [0.05, 0.1) is 26.9 Å². The third kappa shape index (κ3) is 2.47. The molecule has 4 aliphatic rings. The number of carbonyl (C=O) groups excluding carboxylic acids is 1. The van der Waals surface area contributed by atoms with Gasteiger partial charge in [0.15, 0.2) is 0 Å². The number of nitrogens with one attached hydrogen (secondary N) is 1. The maximum atomic E-state index is 12.6. The fraction of sp³-hybridized carbons (Fsp3) is 0.500. The van der Waals surface area contributed by atoms with E-state index in [1.54, 1.807) is 7.11 Å². The van der Waals surface area contributed by atoms with E-state index in [1.807, 2.05) is 17.0 Å². The van der Waals surface area contributed by atoms with Crippen molar-refractivity contribution in [2.45, 2.75) is 31.9 Å². The number of aromatic amines is 1. The predicted molar refractivity (Wildman–Crippen MR) is 106 cm³/mol. The van der Waals surface area contributed by atoms with Gasteiger partial charge in [-0.1, -0.05) is 11.6 Å². The van der Waals surface area contributed by atoms with Crippen molar-refractivity contribution in [3.8, 4) is 5.75 Å². The molecule has 0 spiro atoms. The van der Waals surface area contributed by atoms with Crippen LogP contribution in [-0.4, -0.2) is 49.4 Å². The molecule has 6 heteroatoms. The van der Waals surface area contributed by atoms with E-state index in [-0.39, 0.29) is 18.2 Å². The fourth-order valence-corrected chi connectivity index (χ4v) is 5.46. The molecule has 6 nitrogen and oxygen atoms in total. The lowest BCUT2D eigenvalue weighted by molar-refractivity contribution is -0.0834. The van der Waals surface area contributed by atoms with Crippen LogP contribution >= 0.6 is 0 Å². The number of aromatic nitrogens is 1. The van der Waals surface area contributed by atoms with Gasteiger partial charge >= 0.3 is 6.09 Å². The van der Waals surface area contributed by atoms with E-state index in [9.17, 15) is 4.79 Å². The van der Waals surface area contributed by atoms with Crippen LogP contribution in [0.1, 0.15) is 30.7 Å². The number of piperidine rings is 1. The van der Waals surface area contributed by atoms with Gasteiger partial charge in [-0.2, -0.15) is 0 Å². The molecule has 28 heavy (non-hydrogen) atoms. The van der Waals surface area contributed by atoms with Crippen molar-refractivity contribution in [1.82, 2.24) is 9.88 Å². The lowest BCUT2D eigenvalue weighted by atomic mass is 9.69. The number of ether oxygens (including phenoxy) is 3. The van der Waals surface area contributed by atoms with Crippen LogP contribution in [0.25, 0.3) is 10.9 Å². The molecule has 148 valence electrons. The number of likely N-dealkylation sites (tertiary alicyclic amines) is 1. The first-order valence-corrected chi connectivity index (χ1v) is 9.94. The average Bonchev–Trinajstić information content (AvgIpc) is 3.08. The van der Waals surface area contributed by atoms with Gasteiger partial charge in [0.1, 0.15) is 5.75 Å². The standard InChI is InChI=1S/C22H26N2O4/c1-4-12-10-24(22(25)27-3)19-8-16-14-6-5-13(26-2)7-18(14)23-21(16)20-9-15(12)17(19)11-28-20/h4-7,15,17,19-20,23H,8-11H2,1-3H3/b12-4-/t15-,17?,19-,20-/m0/s1. The molecule has 0 saturated carbocycles. The zero-order chi connectivity index (χ0) is 19.4. The number of methoxy groups -OCH3 is 2. The summed E-state index contributed by atoms with van der Waals surface area (Å²) >= 11 is 0. The third-order valence-corrected chi connectivity index (χ3v) is 6.86. The zero-order valence-electron chi connectivity index (χ0n) is 16.5. The number of hydrogen-bond acceptors (Lipinski definition) is 4. The van der Waals surface area contributed by atoms with Gasteiger partial charge < -0.3 is 24.1 Å². The minimum atomic E-state index is -0.256. The second kappa shape index (κ2) is 6.55. The Morgan fingerprint density at radius 1 is 1.36 bits per heavy atom. The maximum absolute atomic E-state index is 12.6. The molecule has 1 N–H and O–H groups in total. The van der Waals surface area contributed by atoms with E-state index in [0.29, 0.717) is 25.0 Å². The van der Waals surface area contributed by atoms with E-state index in [1.165, 1.54) is 23.6 Å². The number of H-pyrrole nitrogens is 1. The normalized spacial score (nSPS) is 30.1. The van der Waals surface area contributed by atoms with Gasteiger partial charge in [0.25, 0.3) is 0 Å². The Hall–Kier alpha value is -2.47. The van der Waals surface area contributed by atoms with Gasteiger partial charge in [-0.25, -0.2) is 4.79 Å². The minimum Gasteiger partial charge on any atom is -0.497 e. The maximum Gasteiger partial charge on any atom is 0.410 e. The van der Waals surface area contributed by atoms with Gasteiger partial charge in [0, 0.05) is 41.2 Å². The molecule has 1 aromatic heterocycles. The van der Waals surface area contributed by atoms with Crippen LogP contribution in [0.2, 0.25) is 0 Å². The van der Waals surface area contributed by atoms with E-state index in [0.717, 1.165) is 29.8 Å². The number of allylic oxidation sites excluding steroid dienone is 1. The molecule has 3 aliphatic heterocycles. The second-order valence-corrected chi connectivity index (χ2v) is 7.99. The number of amides is 1. The molecule has 2 aromatic rings. The lowest BCUT2D eigenvalue weighted by Crippen LogP contribution is -2.57. The number of fused-ring (bicyclic) bond motifs is 2. The molecule has 1 aromatic carbocycles. The monoisotopic (exact) mass is 382 g/mol. The molecule has 1 aliphatic carbocycles. The summed E-state index contributed by atoms with van der Waals surface area (Å²) in [5.41, 5.74) is 4.79. The second-order valence-electron chi connectivity index (χ2n) is 7.99. The molecular formula is C22H26N2O4. The highest BCUT2D eigenvalue weighted by Gasteiger charge is 2.49. The molecular weight excluding hydrogens is 356 g/mol. The smallest absolute Gasteiger partial charge is 0.410 e. The van der Waals surface area contributed by atoms with Crippen LogP contribution in [0, 0.1) is 11.8 Å². The Morgan fingerprint density at radius 3 is 2.96 bits per heavy atom. The lowest BCUT2D eigenvalue weighted by Gasteiger charge is -2.51. The van der Waals surface area contributed by atoms with Crippen LogP contribution in [0.15, 0.2) is 29.8 Å². The van der Waals surface area contributed by atoms with Crippen molar-refractivity contribution in [1.29, 1.82) is 0 Å². The Bertz CT molecular complexity index is 963. The molecule has 1 unspecified atom stereocenters. The summed E-state index contributed by atoms with van der Waals surface area (Å²) in [6.45, 7) is 3.38. The Balaban J connectivity index is 1.67. The number of nitrogens with zero attached hydrogens (tertiary/aromatic N) is 1. The van der Waals surface area contributed by atoms with E-state index in [2.05, 4.69) is 24.1 Å². The van der Waals surface area contributed by atoms with Crippen LogP contribution in [0.4, 0.5) is 4.79 Å². The Labute approximate surface area is 164 Å². The molecule has 4 atom stereocenters. The largest absolute Gasteiger partial charge is 0.497 e. The first-order valence-electron chi connectivity index (χ1n) is 9.94. The summed E-state index contributed by atoms with van der Waals surface area (Å²) in [6.07, 6.45) is 3.75. The minimum absolute atomic E-state index is 0.0650. The molecule has 4 heterocycles. The van der Waals surface area contributed by atoms with Crippen LogP contribution in [0.3, 0.4) is 0 Å². The summed E-state index contributed by atoms with van der Waals surface area (Å²) in [7, 11) is 3.14. The van der Waals surface area contributed by atoms with E-state index in [4.69, 9.17) is 14.2 Å². The van der Waals surface area contributed by atoms with Gasteiger partial charge in [-0.05, 0) is 43.4 Å². The van der Waals surface area contributed by atoms with Gasteiger partial charge in [-0.15, -0.1) is 0 Å².